The molecular weight excluding hydrogens is 735 g/mol. The summed E-state index contributed by atoms with van der Waals surface area (Å²) in [6.45, 7) is 0.214. The van der Waals surface area contributed by atoms with Crippen LogP contribution in [0.4, 0.5) is 44.3 Å². The number of benzene rings is 3. The fourth-order valence-electron chi connectivity index (χ4n) is 7.03. The minimum atomic E-state index is -5.15. The summed E-state index contributed by atoms with van der Waals surface area (Å²) in [6, 6.07) is 11.6. The Labute approximate surface area is 304 Å². The van der Waals surface area contributed by atoms with Crippen LogP contribution in [0.3, 0.4) is 0 Å². The van der Waals surface area contributed by atoms with Crippen molar-refractivity contribution in [1.82, 2.24) is 14.7 Å². The molecule has 0 radical (unpaired) electrons. The van der Waals surface area contributed by atoms with Crippen molar-refractivity contribution in [3.63, 3.8) is 0 Å². The molecule has 54 heavy (non-hydrogen) atoms. The minimum absolute atomic E-state index is 0.0562. The molecule has 3 aromatic rings. The standard InChI is InChI=1S/C37H37F9N4O4/c1-22(7-6-12-47)32-33(52)48(19-24-10-5-11-26(13-24)35(38,39)40)20-30-49(29(18-31(51)50(30)32)16-23-8-3-2-4-9-23)34(53)54-21-25-14-27(36(41,42)43)17-28(15-25)37(44,45)46/h2-5,8-11,13-15,17,22,29-30,32H,6-7,12,16,18-21,47H2,1H3/t22-,29?,30?,32?/m1/s1. The Morgan fingerprint density at radius 1 is 0.815 bits per heavy atom. The van der Waals surface area contributed by atoms with Crippen LogP contribution in [0.15, 0.2) is 72.8 Å². The van der Waals surface area contributed by atoms with Gasteiger partial charge in [0.15, 0.2) is 0 Å². The zero-order chi connectivity index (χ0) is 39.6. The number of nitrogens with zero attached hydrogens (tertiary/aromatic N) is 3. The third-order valence-corrected chi connectivity index (χ3v) is 9.55. The summed E-state index contributed by atoms with van der Waals surface area (Å²) in [7, 11) is 0. The highest BCUT2D eigenvalue weighted by molar-refractivity contribution is 5.91. The summed E-state index contributed by atoms with van der Waals surface area (Å²) in [4.78, 5) is 45.9. The van der Waals surface area contributed by atoms with Crippen LogP contribution in [-0.4, -0.2) is 63.9 Å². The van der Waals surface area contributed by atoms with Gasteiger partial charge in [0, 0.05) is 19.0 Å². The van der Waals surface area contributed by atoms with E-state index in [2.05, 4.69) is 0 Å². The number of carbonyl (C=O) groups excluding carboxylic acids is 3. The second-order valence-electron chi connectivity index (χ2n) is 13.5. The Bertz CT molecular complexity index is 1790. The van der Waals surface area contributed by atoms with Gasteiger partial charge < -0.3 is 20.3 Å². The SMILES string of the molecule is C[C@H](CCCN)C1C(=O)N(Cc2cccc(C(F)(F)F)c2)CC2N(C(=O)OCc3cc(C(F)(F)F)cc(C(F)(F)F)c3)C(Cc3ccccc3)CC(=O)N12. The number of ether oxygens (including phenoxy) is 1. The Morgan fingerprint density at radius 2 is 1.41 bits per heavy atom. The van der Waals surface area contributed by atoms with Crippen molar-refractivity contribution in [2.75, 3.05) is 13.1 Å². The zero-order valence-electron chi connectivity index (χ0n) is 28.8. The molecule has 0 aliphatic carbocycles. The van der Waals surface area contributed by atoms with Crippen LogP contribution in [0.25, 0.3) is 0 Å². The van der Waals surface area contributed by atoms with Gasteiger partial charge in [0.25, 0.3) is 0 Å². The Kier molecular flexibility index (Phi) is 11.9. The Hall–Kier alpha value is -4.80. The van der Waals surface area contributed by atoms with Crippen molar-refractivity contribution in [1.29, 1.82) is 0 Å². The topological polar surface area (TPSA) is 96.2 Å². The number of hydrogen-bond acceptors (Lipinski definition) is 5. The quantitative estimate of drug-likeness (QED) is 0.214. The zero-order valence-corrected chi connectivity index (χ0v) is 28.8. The molecular formula is C37H37F9N4O4. The van der Waals surface area contributed by atoms with Gasteiger partial charge in [-0.15, -0.1) is 0 Å². The number of carbonyl (C=O) groups is 3. The molecule has 2 aliphatic heterocycles. The molecule has 2 heterocycles. The van der Waals surface area contributed by atoms with Crippen molar-refractivity contribution >= 4 is 17.9 Å². The summed E-state index contributed by atoms with van der Waals surface area (Å²) in [5.41, 5.74) is 1.74. The van der Waals surface area contributed by atoms with Crippen molar-refractivity contribution in [2.24, 2.45) is 11.7 Å². The van der Waals surface area contributed by atoms with Crippen molar-refractivity contribution in [3.05, 3.63) is 106 Å². The monoisotopic (exact) mass is 772 g/mol. The number of nitrogens with two attached hydrogens (primary N) is 1. The van der Waals surface area contributed by atoms with E-state index in [9.17, 15) is 53.9 Å². The molecule has 0 bridgehead atoms. The van der Waals surface area contributed by atoms with Gasteiger partial charge in [0.05, 0.1) is 23.2 Å². The number of piperazine rings is 1. The molecule has 0 spiro atoms. The number of hydrogen-bond donors (Lipinski definition) is 1. The van der Waals surface area contributed by atoms with Crippen molar-refractivity contribution in [2.45, 2.75) is 82.5 Å². The third-order valence-electron chi connectivity index (χ3n) is 9.55. The van der Waals surface area contributed by atoms with Gasteiger partial charge >= 0.3 is 24.6 Å². The molecule has 3 amide bonds. The van der Waals surface area contributed by atoms with Gasteiger partial charge in [0.2, 0.25) is 11.8 Å². The van der Waals surface area contributed by atoms with Crippen molar-refractivity contribution in [3.8, 4) is 0 Å². The predicted molar refractivity (Wildman–Crippen MR) is 176 cm³/mol. The second kappa shape index (κ2) is 15.9. The van der Waals surface area contributed by atoms with E-state index in [1.165, 1.54) is 21.9 Å². The maximum atomic E-state index is 14.2. The maximum absolute atomic E-state index is 14.2. The van der Waals surface area contributed by atoms with Gasteiger partial charge in [-0.25, -0.2) is 4.79 Å². The summed E-state index contributed by atoms with van der Waals surface area (Å²) in [5, 5.41) is 0. The molecule has 2 fully saturated rings. The van der Waals surface area contributed by atoms with E-state index in [0.29, 0.717) is 30.5 Å². The third kappa shape index (κ3) is 9.28. The first-order chi connectivity index (χ1) is 25.3. The first kappa shape index (κ1) is 40.4. The van der Waals surface area contributed by atoms with E-state index in [4.69, 9.17) is 10.5 Å². The van der Waals surface area contributed by atoms with E-state index in [1.54, 1.807) is 37.3 Å². The summed E-state index contributed by atoms with van der Waals surface area (Å²) in [5.74, 6) is -1.64. The number of fused-ring (bicyclic) bond motifs is 1. The number of alkyl halides is 9. The summed E-state index contributed by atoms with van der Waals surface area (Å²) in [6.07, 6.45) is -16.9. The molecule has 292 valence electrons. The van der Waals surface area contributed by atoms with E-state index in [-0.39, 0.29) is 44.1 Å². The van der Waals surface area contributed by atoms with Crippen LogP contribution < -0.4 is 5.73 Å². The fourth-order valence-corrected chi connectivity index (χ4v) is 7.03. The average molecular weight is 773 g/mol. The van der Waals surface area contributed by atoms with E-state index < -0.39 is 89.5 Å². The summed E-state index contributed by atoms with van der Waals surface area (Å²) >= 11 is 0. The molecule has 3 aromatic carbocycles. The van der Waals surface area contributed by atoms with Crippen LogP contribution in [-0.2, 0) is 52.4 Å². The van der Waals surface area contributed by atoms with E-state index in [0.717, 1.165) is 17.0 Å². The van der Waals surface area contributed by atoms with Crippen LogP contribution in [0.2, 0.25) is 0 Å². The number of amides is 3. The van der Waals surface area contributed by atoms with Gasteiger partial charge in [-0.2, -0.15) is 39.5 Å². The smallest absolute Gasteiger partial charge is 0.416 e. The first-order valence-corrected chi connectivity index (χ1v) is 17.0. The molecule has 4 atom stereocenters. The highest BCUT2D eigenvalue weighted by atomic mass is 19.4. The maximum Gasteiger partial charge on any atom is 0.416 e. The highest BCUT2D eigenvalue weighted by Crippen LogP contribution is 2.38. The molecule has 0 saturated carbocycles. The molecule has 2 aliphatic rings. The minimum Gasteiger partial charge on any atom is -0.444 e. The van der Waals surface area contributed by atoms with Crippen LogP contribution in [0, 0.1) is 5.92 Å². The lowest BCUT2D eigenvalue weighted by Gasteiger charge is -2.55. The van der Waals surface area contributed by atoms with Crippen LogP contribution in [0.5, 0.6) is 0 Å². The molecule has 17 heteroatoms. The van der Waals surface area contributed by atoms with Crippen LogP contribution in [0.1, 0.15) is 59.6 Å². The van der Waals surface area contributed by atoms with Gasteiger partial charge in [-0.05, 0) is 78.7 Å². The average Bonchev–Trinajstić information content (AvgIpc) is 3.09. The van der Waals surface area contributed by atoms with E-state index in [1.807, 2.05) is 0 Å². The van der Waals surface area contributed by atoms with Gasteiger partial charge in [0.1, 0.15) is 18.8 Å². The normalized spacial score (nSPS) is 20.2. The van der Waals surface area contributed by atoms with E-state index >= 15 is 0 Å². The first-order valence-electron chi connectivity index (χ1n) is 17.0. The Morgan fingerprint density at radius 3 is 2.00 bits per heavy atom. The summed E-state index contributed by atoms with van der Waals surface area (Å²) < 4.78 is 128. The number of halogens is 9. The van der Waals surface area contributed by atoms with Crippen LogP contribution >= 0.6 is 0 Å². The fraction of sp³-hybridized carbons (Fsp3) is 0.432. The highest BCUT2D eigenvalue weighted by Gasteiger charge is 2.53. The van der Waals surface area contributed by atoms with Gasteiger partial charge in [-0.1, -0.05) is 49.4 Å². The molecule has 0 aromatic heterocycles. The molecule has 5 rings (SSSR count). The molecule has 3 unspecified atom stereocenters. The molecule has 2 saturated heterocycles. The molecule has 2 N–H and O–H groups in total. The number of rotatable bonds is 10. The molecule has 8 nitrogen and oxygen atoms in total. The lowest BCUT2D eigenvalue weighted by Crippen LogP contribution is -2.74. The largest absolute Gasteiger partial charge is 0.444 e. The second-order valence-corrected chi connectivity index (χ2v) is 13.5. The lowest BCUT2D eigenvalue weighted by molar-refractivity contribution is -0.175. The predicted octanol–water partition coefficient (Wildman–Crippen LogP) is 7.64. The Balaban J connectivity index is 1.54. The van der Waals surface area contributed by atoms with Gasteiger partial charge in [-0.3, -0.25) is 14.5 Å². The van der Waals surface area contributed by atoms with Crippen molar-refractivity contribution < 1.29 is 58.6 Å². The lowest BCUT2D eigenvalue weighted by atomic mass is 9.88.